The van der Waals surface area contributed by atoms with E-state index < -0.39 is 12.0 Å². The number of anilines is 1. The van der Waals surface area contributed by atoms with Crippen LogP contribution in [0, 0.1) is 0 Å². The van der Waals surface area contributed by atoms with E-state index in [4.69, 9.17) is 10.8 Å². The van der Waals surface area contributed by atoms with Crippen molar-refractivity contribution in [1.82, 2.24) is 4.98 Å². The highest BCUT2D eigenvalue weighted by Crippen LogP contribution is 2.01. The van der Waals surface area contributed by atoms with Crippen molar-refractivity contribution < 1.29 is 9.90 Å². The van der Waals surface area contributed by atoms with Crippen LogP contribution >= 0.6 is 0 Å². The van der Waals surface area contributed by atoms with Gasteiger partial charge in [-0.1, -0.05) is 6.07 Å². The predicted molar refractivity (Wildman–Crippen MR) is 57.6 cm³/mol. The summed E-state index contributed by atoms with van der Waals surface area (Å²) in [4.78, 5) is 14.5. The molecule has 15 heavy (non-hydrogen) atoms. The highest BCUT2D eigenvalue weighted by atomic mass is 16.4. The fourth-order valence-electron chi connectivity index (χ4n) is 1.13. The van der Waals surface area contributed by atoms with Gasteiger partial charge in [-0.15, -0.1) is 0 Å². The van der Waals surface area contributed by atoms with Crippen LogP contribution < -0.4 is 11.1 Å². The molecule has 82 valence electrons. The van der Waals surface area contributed by atoms with E-state index >= 15 is 0 Å². The zero-order chi connectivity index (χ0) is 11.1. The number of aliphatic carboxylic acids is 1. The molecule has 1 heterocycles. The standard InChI is InChI=1S/C10H15N3O2/c11-8(10(14)15)4-3-7-13-9-5-1-2-6-12-9/h1-2,5-6,8H,3-4,7,11H2,(H,12,13)(H,14,15)/t8-/m0/s1. The second-order valence-electron chi connectivity index (χ2n) is 3.23. The molecule has 1 atom stereocenters. The van der Waals surface area contributed by atoms with Crippen LogP contribution in [-0.2, 0) is 4.79 Å². The normalized spacial score (nSPS) is 12.1. The fraction of sp³-hybridized carbons (Fsp3) is 0.400. The van der Waals surface area contributed by atoms with E-state index in [0.29, 0.717) is 19.4 Å². The van der Waals surface area contributed by atoms with Crippen LogP contribution in [0.25, 0.3) is 0 Å². The Morgan fingerprint density at radius 2 is 2.40 bits per heavy atom. The summed E-state index contributed by atoms with van der Waals surface area (Å²) in [6, 6.07) is 4.82. The lowest BCUT2D eigenvalue weighted by atomic mass is 10.2. The Labute approximate surface area is 88.3 Å². The van der Waals surface area contributed by atoms with Crippen LogP contribution in [0.1, 0.15) is 12.8 Å². The number of rotatable bonds is 6. The molecule has 5 heteroatoms. The molecule has 0 saturated carbocycles. The van der Waals surface area contributed by atoms with Gasteiger partial charge >= 0.3 is 5.97 Å². The molecular formula is C10H15N3O2. The van der Waals surface area contributed by atoms with E-state index in [2.05, 4.69) is 10.3 Å². The molecule has 0 spiro atoms. The number of nitrogens with one attached hydrogen (secondary N) is 1. The van der Waals surface area contributed by atoms with Gasteiger partial charge in [-0.25, -0.2) is 4.98 Å². The summed E-state index contributed by atoms with van der Waals surface area (Å²) in [5.74, 6) is -0.158. The lowest BCUT2D eigenvalue weighted by molar-refractivity contribution is -0.138. The van der Waals surface area contributed by atoms with Crippen LogP contribution in [0.3, 0.4) is 0 Å². The first-order chi connectivity index (χ1) is 7.20. The minimum Gasteiger partial charge on any atom is -0.480 e. The van der Waals surface area contributed by atoms with Crippen molar-refractivity contribution in [2.75, 3.05) is 11.9 Å². The lowest BCUT2D eigenvalue weighted by Crippen LogP contribution is -2.30. The maximum atomic E-state index is 10.4. The molecule has 1 rings (SSSR count). The SMILES string of the molecule is N[C@@H](CCCNc1ccccn1)C(=O)O. The molecule has 0 aliphatic heterocycles. The number of carboxylic acid groups (broad SMARTS) is 1. The second-order valence-corrected chi connectivity index (χ2v) is 3.23. The van der Waals surface area contributed by atoms with Crippen molar-refractivity contribution in [2.45, 2.75) is 18.9 Å². The molecule has 0 bridgehead atoms. The van der Waals surface area contributed by atoms with E-state index in [1.807, 2.05) is 18.2 Å². The summed E-state index contributed by atoms with van der Waals surface area (Å²) in [6.45, 7) is 0.679. The van der Waals surface area contributed by atoms with Crippen molar-refractivity contribution in [1.29, 1.82) is 0 Å². The largest absolute Gasteiger partial charge is 0.480 e. The van der Waals surface area contributed by atoms with Gasteiger partial charge in [0, 0.05) is 12.7 Å². The molecule has 0 aromatic carbocycles. The molecule has 1 aromatic rings. The van der Waals surface area contributed by atoms with Crippen LogP contribution in [0.2, 0.25) is 0 Å². The topological polar surface area (TPSA) is 88.2 Å². The van der Waals surface area contributed by atoms with E-state index in [-0.39, 0.29) is 0 Å². The van der Waals surface area contributed by atoms with Gasteiger partial charge < -0.3 is 16.2 Å². The van der Waals surface area contributed by atoms with E-state index in [0.717, 1.165) is 5.82 Å². The van der Waals surface area contributed by atoms with Crippen molar-refractivity contribution in [3.05, 3.63) is 24.4 Å². The molecule has 0 radical (unpaired) electrons. The molecule has 5 nitrogen and oxygen atoms in total. The summed E-state index contributed by atoms with van der Waals surface area (Å²) in [6.07, 6.45) is 2.88. The Balaban J connectivity index is 2.15. The van der Waals surface area contributed by atoms with Gasteiger partial charge in [0.25, 0.3) is 0 Å². The average Bonchev–Trinajstić information content (AvgIpc) is 2.25. The minimum atomic E-state index is -0.951. The van der Waals surface area contributed by atoms with Gasteiger partial charge in [0.15, 0.2) is 0 Å². The molecule has 0 aliphatic rings. The Hall–Kier alpha value is -1.62. The fourth-order valence-corrected chi connectivity index (χ4v) is 1.13. The first-order valence-corrected chi connectivity index (χ1v) is 4.83. The van der Waals surface area contributed by atoms with Crippen LogP contribution in [0.4, 0.5) is 5.82 Å². The highest BCUT2D eigenvalue weighted by Gasteiger charge is 2.09. The van der Waals surface area contributed by atoms with Gasteiger partial charge in [0.05, 0.1) is 0 Å². The van der Waals surface area contributed by atoms with Crippen LogP contribution in [0.15, 0.2) is 24.4 Å². The van der Waals surface area contributed by atoms with Gasteiger partial charge in [-0.3, -0.25) is 4.79 Å². The zero-order valence-electron chi connectivity index (χ0n) is 8.39. The smallest absolute Gasteiger partial charge is 0.320 e. The molecule has 0 amide bonds. The molecule has 0 fully saturated rings. The molecule has 0 saturated heterocycles. The maximum absolute atomic E-state index is 10.4. The van der Waals surface area contributed by atoms with Crippen molar-refractivity contribution in [2.24, 2.45) is 5.73 Å². The Morgan fingerprint density at radius 3 is 3.00 bits per heavy atom. The van der Waals surface area contributed by atoms with E-state index in [1.54, 1.807) is 6.20 Å². The molecular weight excluding hydrogens is 194 g/mol. The Morgan fingerprint density at radius 1 is 1.60 bits per heavy atom. The third-order valence-corrected chi connectivity index (χ3v) is 1.98. The number of carbonyl (C=O) groups is 1. The summed E-state index contributed by atoms with van der Waals surface area (Å²) in [5.41, 5.74) is 5.35. The first kappa shape index (κ1) is 11.5. The van der Waals surface area contributed by atoms with Gasteiger partial charge in [0.2, 0.25) is 0 Å². The van der Waals surface area contributed by atoms with Gasteiger partial charge in [-0.05, 0) is 25.0 Å². The van der Waals surface area contributed by atoms with Crippen LogP contribution in [-0.4, -0.2) is 28.6 Å². The molecule has 4 N–H and O–H groups in total. The molecule has 0 aliphatic carbocycles. The number of nitrogens with zero attached hydrogens (tertiary/aromatic N) is 1. The summed E-state index contributed by atoms with van der Waals surface area (Å²) >= 11 is 0. The maximum Gasteiger partial charge on any atom is 0.320 e. The molecule has 1 aromatic heterocycles. The number of nitrogens with two attached hydrogens (primary N) is 1. The second kappa shape index (κ2) is 5.98. The Kier molecular flexibility index (Phi) is 4.56. The number of carboxylic acids is 1. The van der Waals surface area contributed by atoms with Crippen molar-refractivity contribution in [3.8, 4) is 0 Å². The average molecular weight is 209 g/mol. The molecule has 0 unspecified atom stereocenters. The van der Waals surface area contributed by atoms with Crippen molar-refractivity contribution >= 4 is 11.8 Å². The number of aromatic nitrogens is 1. The lowest BCUT2D eigenvalue weighted by Gasteiger charge is -2.07. The summed E-state index contributed by atoms with van der Waals surface area (Å²) < 4.78 is 0. The third-order valence-electron chi connectivity index (χ3n) is 1.98. The Bertz CT molecular complexity index is 303. The number of hydrogen-bond donors (Lipinski definition) is 3. The van der Waals surface area contributed by atoms with E-state index in [9.17, 15) is 4.79 Å². The van der Waals surface area contributed by atoms with Gasteiger partial charge in [0.1, 0.15) is 11.9 Å². The van der Waals surface area contributed by atoms with Crippen LogP contribution in [0.5, 0.6) is 0 Å². The van der Waals surface area contributed by atoms with Crippen molar-refractivity contribution in [3.63, 3.8) is 0 Å². The van der Waals surface area contributed by atoms with E-state index in [1.165, 1.54) is 0 Å². The number of hydrogen-bond acceptors (Lipinski definition) is 4. The minimum absolute atomic E-state index is 0.467. The number of pyridine rings is 1. The quantitative estimate of drug-likeness (QED) is 0.600. The van der Waals surface area contributed by atoms with Gasteiger partial charge in [-0.2, -0.15) is 0 Å². The summed E-state index contributed by atoms with van der Waals surface area (Å²) in [5, 5.41) is 11.6. The third kappa shape index (κ3) is 4.42. The summed E-state index contributed by atoms with van der Waals surface area (Å²) in [7, 11) is 0. The first-order valence-electron chi connectivity index (χ1n) is 4.83. The highest BCUT2D eigenvalue weighted by molar-refractivity contribution is 5.72. The predicted octanol–water partition coefficient (Wildman–Crippen LogP) is 0.686. The monoisotopic (exact) mass is 209 g/mol. The zero-order valence-corrected chi connectivity index (χ0v) is 8.39.